The normalized spacial score (nSPS) is 12.8. The lowest BCUT2D eigenvalue weighted by atomic mass is 10.0. The summed E-state index contributed by atoms with van der Waals surface area (Å²) in [7, 11) is 0. The van der Waals surface area contributed by atoms with Crippen LogP contribution >= 0.6 is 0 Å². The fourth-order valence-electron chi connectivity index (χ4n) is 0.876. The molecule has 0 aliphatic rings. The summed E-state index contributed by atoms with van der Waals surface area (Å²) in [4.78, 5) is 11.3. The topological polar surface area (TPSA) is 55.1 Å². The van der Waals surface area contributed by atoms with Gasteiger partial charge in [-0.1, -0.05) is 0 Å². The SMILES string of the molecule is CC(C)(N)CC(=O)NC(C)(C)C. The van der Waals surface area contributed by atoms with E-state index in [0.717, 1.165) is 0 Å². The van der Waals surface area contributed by atoms with Gasteiger partial charge in [-0.25, -0.2) is 0 Å². The predicted molar refractivity (Wildman–Crippen MR) is 50.8 cm³/mol. The van der Waals surface area contributed by atoms with E-state index in [4.69, 9.17) is 5.73 Å². The molecule has 0 aromatic carbocycles. The van der Waals surface area contributed by atoms with Crippen LogP contribution in [0, 0.1) is 0 Å². The molecule has 0 rings (SSSR count). The van der Waals surface area contributed by atoms with Gasteiger partial charge in [0, 0.05) is 17.5 Å². The second-order valence-corrected chi connectivity index (χ2v) is 4.96. The lowest BCUT2D eigenvalue weighted by Crippen LogP contribution is -2.45. The Morgan fingerprint density at radius 3 is 1.92 bits per heavy atom. The van der Waals surface area contributed by atoms with Gasteiger partial charge < -0.3 is 11.1 Å². The number of carbonyl (C=O) groups excluding carboxylic acids is 1. The largest absolute Gasteiger partial charge is 0.351 e. The summed E-state index contributed by atoms with van der Waals surface area (Å²) in [6.07, 6.45) is 0.365. The molecule has 3 nitrogen and oxygen atoms in total. The first-order chi connectivity index (χ1) is 5.10. The standard InChI is InChI=1S/C9H20N2O/c1-8(2,3)11-7(12)6-9(4,5)10/h6,10H2,1-5H3,(H,11,12). The Bertz CT molecular complexity index is 144. The van der Waals surface area contributed by atoms with E-state index in [0.29, 0.717) is 6.42 Å². The highest BCUT2D eigenvalue weighted by molar-refractivity contribution is 5.77. The molecule has 0 fully saturated rings. The van der Waals surface area contributed by atoms with Gasteiger partial charge in [0.1, 0.15) is 0 Å². The zero-order chi connectivity index (χ0) is 9.99. The monoisotopic (exact) mass is 172 g/mol. The highest BCUT2D eigenvalue weighted by atomic mass is 16.1. The highest BCUT2D eigenvalue weighted by Gasteiger charge is 2.19. The second-order valence-electron chi connectivity index (χ2n) is 4.96. The summed E-state index contributed by atoms with van der Waals surface area (Å²) in [5.41, 5.74) is 5.11. The third-order valence-electron chi connectivity index (χ3n) is 1.13. The Morgan fingerprint density at radius 2 is 1.67 bits per heavy atom. The van der Waals surface area contributed by atoms with Gasteiger partial charge in [0.15, 0.2) is 0 Å². The van der Waals surface area contributed by atoms with Crippen molar-refractivity contribution in [2.45, 2.75) is 52.1 Å². The quantitative estimate of drug-likeness (QED) is 0.653. The van der Waals surface area contributed by atoms with Crippen LogP contribution in [0.2, 0.25) is 0 Å². The van der Waals surface area contributed by atoms with Crippen LogP contribution in [0.4, 0.5) is 0 Å². The Morgan fingerprint density at radius 1 is 1.25 bits per heavy atom. The van der Waals surface area contributed by atoms with E-state index in [2.05, 4.69) is 5.32 Å². The summed E-state index contributed by atoms with van der Waals surface area (Å²) in [6.45, 7) is 9.54. The van der Waals surface area contributed by atoms with Gasteiger partial charge in [0.25, 0.3) is 0 Å². The number of nitrogens with one attached hydrogen (secondary N) is 1. The molecule has 0 unspecified atom stereocenters. The molecule has 12 heavy (non-hydrogen) atoms. The summed E-state index contributed by atoms with van der Waals surface area (Å²) in [5, 5.41) is 2.86. The fraction of sp³-hybridized carbons (Fsp3) is 0.889. The molecule has 72 valence electrons. The van der Waals surface area contributed by atoms with E-state index in [-0.39, 0.29) is 11.4 Å². The average Bonchev–Trinajstić information content (AvgIpc) is 1.49. The Kier molecular flexibility index (Phi) is 3.27. The van der Waals surface area contributed by atoms with Crippen molar-refractivity contribution in [3.8, 4) is 0 Å². The van der Waals surface area contributed by atoms with E-state index >= 15 is 0 Å². The smallest absolute Gasteiger partial charge is 0.222 e. The van der Waals surface area contributed by atoms with Gasteiger partial charge in [-0.2, -0.15) is 0 Å². The van der Waals surface area contributed by atoms with Crippen LogP contribution in [0.25, 0.3) is 0 Å². The molecule has 0 heterocycles. The molecule has 0 bridgehead atoms. The van der Waals surface area contributed by atoms with Crippen molar-refractivity contribution < 1.29 is 4.79 Å². The average molecular weight is 172 g/mol. The summed E-state index contributed by atoms with van der Waals surface area (Å²) < 4.78 is 0. The van der Waals surface area contributed by atoms with Crippen molar-refractivity contribution in [2.24, 2.45) is 5.73 Å². The molecule has 0 radical (unpaired) electrons. The van der Waals surface area contributed by atoms with E-state index in [9.17, 15) is 4.79 Å². The first-order valence-electron chi connectivity index (χ1n) is 4.20. The molecule has 0 aliphatic carbocycles. The predicted octanol–water partition coefficient (Wildman–Crippen LogP) is 1.03. The zero-order valence-corrected chi connectivity index (χ0v) is 8.69. The minimum absolute atomic E-state index is 0.00926. The first kappa shape index (κ1) is 11.4. The lowest BCUT2D eigenvalue weighted by Gasteiger charge is -2.24. The van der Waals surface area contributed by atoms with Gasteiger partial charge >= 0.3 is 0 Å². The second kappa shape index (κ2) is 3.44. The van der Waals surface area contributed by atoms with Crippen molar-refractivity contribution in [3.63, 3.8) is 0 Å². The Balaban J connectivity index is 3.92. The fourth-order valence-corrected chi connectivity index (χ4v) is 0.876. The number of hydrogen-bond donors (Lipinski definition) is 2. The number of hydrogen-bond acceptors (Lipinski definition) is 2. The Labute approximate surface area is 74.7 Å². The zero-order valence-electron chi connectivity index (χ0n) is 8.69. The van der Waals surface area contributed by atoms with Crippen LogP contribution < -0.4 is 11.1 Å². The molecule has 0 aliphatic heterocycles. The van der Waals surface area contributed by atoms with Crippen molar-refractivity contribution >= 4 is 5.91 Å². The van der Waals surface area contributed by atoms with Gasteiger partial charge in [-0.15, -0.1) is 0 Å². The summed E-state index contributed by atoms with van der Waals surface area (Å²) in [6, 6.07) is 0. The van der Waals surface area contributed by atoms with Crippen molar-refractivity contribution in [1.29, 1.82) is 0 Å². The molecule has 3 N–H and O–H groups in total. The molecule has 0 saturated carbocycles. The molecule has 0 spiro atoms. The molecule has 0 aromatic heterocycles. The first-order valence-corrected chi connectivity index (χ1v) is 4.20. The van der Waals surface area contributed by atoms with E-state index in [1.807, 2.05) is 34.6 Å². The third-order valence-corrected chi connectivity index (χ3v) is 1.13. The van der Waals surface area contributed by atoms with Crippen LogP contribution in [0.5, 0.6) is 0 Å². The minimum atomic E-state index is -0.421. The van der Waals surface area contributed by atoms with Crippen LogP contribution in [-0.4, -0.2) is 17.0 Å². The number of amides is 1. The summed E-state index contributed by atoms with van der Waals surface area (Å²) >= 11 is 0. The highest BCUT2D eigenvalue weighted by Crippen LogP contribution is 2.05. The Hall–Kier alpha value is -0.570. The number of rotatable bonds is 2. The lowest BCUT2D eigenvalue weighted by molar-refractivity contribution is -0.123. The van der Waals surface area contributed by atoms with Crippen LogP contribution in [0.15, 0.2) is 0 Å². The molecule has 0 aromatic rings. The van der Waals surface area contributed by atoms with E-state index < -0.39 is 5.54 Å². The van der Waals surface area contributed by atoms with Gasteiger partial charge in [-0.3, -0.25) is 4.79 Å². The maximum atomic E-state index is 11.3. The van der Waals surface area contributed by atoms with Crippen molar-refractivity contribution in [2.75, 3.05) is 0 Å². The van der Waals surface area contributed by atoms with Crippen LogP contribution in [-0.2, 0) is 4.79 Å². The van der Waals surface area contributed by atoms with Crippen LogP contribution in [0.1, 0.15) is 41.0 Å². The minimum Gasteiger partial charge on any atom is -0.351 e. The maximum absolute atomic E-state index is 11.3. The van der Waals surface area contributed by atoms with E-state index in [1.165, 1.54) is 0 Å². The molecule has 0 atom stereocenters. The third kappa shape index (κ3) is 7.54. The van der Waals surface area contributed by atoms with Crippen LogP contribution in [0.3, 0.4) is 0 Å². The maximum Gasteiger partial charge on any atom is 0.222 e. The van der Waals surface area contributed by atoms with Gasteiger partial charge in [-0.05, 0) is 34.6 Å². The molecular weight excluding hydrogens is 152 g/mol. The number of nitrogens with two attached hydrogens (primary N) is 1. The number of carbonyl (C=O) groups is 1. The summed E-state index contributed by atoms with van der Waals surface area (Å²) in [5.74, 6) is 0.00926. The van der Waals surface area contributed by atoms with Gasteiger partial charge in [0.05, 0.1) is 0 Å². The molecular formula is C9H20N2O. The van der Waals surface area contributed by atoms with E-state index in [1.54, 1.807) is 0 Å². The van der Waals surface area contributed by atoms with Crippen molar-refractivity contribution in [1.82, 2.24) is 5.32 Å². The molecule has 0 saturated heterocycles. The van der Waals surface area contributed by atoms with Gasteiger partial charge in [0.2, 0.25) is 5.91 Å². The van der Waals surface area contributed by atoms with Crippen molar-refractivity contribution in [3.05, 3.63) is 0 Å². The molecule has 1 amide bonds. The molecule has 3 heteroatoms.